The lowest BCUT2D eigenvalue weighted by molar-refractivity contribution is 0.157. The smallest absolute Gasteiger partial charge is 0.481 e. The summed E-state index contributed by atoms with van der Waals surface area (Å²) in [5.41, 5.74) is 0. The molecule has 0 aliphatic heterocycles. The van der Waals surface area contributed by atoms with Crippen LogP contribution in [-0.4, -0.2) is 13.4 Å². The molecule has 0 spiro atoms. The molecule has 0 unspecified atom stereocenters. The fraction of sp³-hybridized carbons (Fsp3) is 0.333. The summed E-state index contributed by atoms with van der Waals surface area (Å²) < 4.78 is 9.10. The monoisotopic (exact) mass is 206 g/mol. The van der Waals surface area contributed by atoms with Crippen LogP contribution in [0.15, 0.2) is 12.5 Å². The van der Waals surface area contributed by atoms with Gasteiger partial charge in [0.1, 0.15) is 0 Å². The highest BCUT2D eigenvalue weighted by Crippen LogP contribution is 2.23. The number of hydrogen-bond donors (Lipinski definition) is 0. The van der Waals surface area contributed by atoms with Gasteiger partial charge in [-0.25, -0.2) is 0 Å². The van der Waals surface area contributed by atoms with Crippen LogP contribution in [0.5, 0.6) is 0 Å². The van der Waals surface area contributed by atoms with E-state index in [0.29, 0.717) is 0 Å². The van der Waals surface area contributed by atoms with Gasteiger partial charge >= 0.3 is 6.25 Å². The summed E-state index contributed by atoms with van der Waals surface area (Å²) in [5, 5.41) is 0. The molecule has 0 aromatic heterocycles. The lowest BCUT2D eigenvalue weighted by Crippen LogP contribution is -2.15. The molecule has 0 aliphatic carbocycles. The maximum atomic E-state index is 5.31. The Bertz CT molecular complexity index is 110. The molecule has 0 heterocycles. The molecular formula is C3H5Cl3O2Si. The molecule has 0 N–H and O–H groups in total. The van der Waals surface area contributed by atoms with Crippen LogP contribution in [0.2, 0.25) is 0 Å². The zero-order valence-corrected chi connectivity index (χ0v) is 7.93. The fourth-order valence-corrected chi connectivity index (χ4v) is 1.29. The summed E-state index contributed by atoms with van der Waals surface area (Å²) in [4.78, 5) is 0. The Kier molecular flexibility index (Phi) is 3.73. The molecule has 9 heavy (non-hydrogen) atoms. The van der Waals surface area contributed by atoms with Gasteiger partial charge in [0.2, 0.25) is 0 Å². The highest BCUT2D eigenvalue weighted by atomic mass is 35.8. The number of rotatable bonds is 3. The lowest BCUT2D eigenvalue weighted by Gasteiger charge is -2.11. The van der Waals surface area contributed by atoms with Gasteiger partial charge in [-0.2, -0.15) is 0 Å². The van der Waals surface area contributed by atoms with Crippen molar-refractivity contribution in [2.75, 3.05) is 7.11 Å². The fourth-order valence-electron chi connectivity index (χ4n) is 0.171. The second-order valence-corrected chi connectivity index (χ2v) is 8.75. The molecule has 0 saturated heterocycles. The Morgan fingerprint density at radius 3 is 2.00 bits per heavy atom. The van der Waals surface area contributed by atoms with Crippen LogP contribution in [0.4, 0.5) is 0 Å². The molecule has 2 nitrogen and oxygen atoms in total. The van der Waals surface area contributed by atoms with Crippen LogP contribution in [0.1, 0.15) is 0 Å². The van der Waals surface area contributed by atoms with Gasteiger partial charge in [-0.15, -0.1) is 0 Å². The minimum absolute atomic E-state index is 0.0293. The molecule has 6 heteroatoms. The molecule has 0 aromatic carbocycles. The Hall–Kier alpha value is 0.427. The minimum Gasteiger partial charge on any atom is -0.481 e. The first kappa shape index (κ1) is 9.43. The first-order valence-electron chi connectivity index (χ1n) is 1.94. The SMILES string of the molecule is C=C(OC)O[Si](Cl)(Cl)Cl. The molecule has 54 valence electrons. The van der Waals surface area contributed by atoms with E-state index in [2.05, 4.69) is 15.7 Å². The van der Waals surface area contributed by atoms with Crippen molar-refractivity contribution >= 4 is 39.5 Å². The second kappa shape index (κ2) is 3.56. The Morgan fingerprint density at radius 1 is 1.44 bits per heavy atom. The normalized spacial score (nSPS) is 10.7. The summed E-state index contributed by atoms with van der Waals surface area (Å²) in [7, 11) is 1.38. The van der Waals surface area contributed by atoms with Gasteiger partial charge in [0, 0.05) is 0 Å². The van der Waals surface area contributed by atoms with Crippen molar-refractivity contribution in [1.29, 1.82) is 0 Å². The third-order valence-electron chi connectivity index (χ3n) is 0.457. The third-order valence-corrected chi connectivity index (χ3v) is 1.61. The quantitative estimate of drug-likeness (QED) is 0.402. The lowest BCUT2D eigenvalue weighted by atomic mass is 11.0. The minimum atomic E-state index is -3.05. The maximum absolute atomic E-state index is 5.31. The zero-order chi connectivity index (χ0) is 7.49. The number of halogens is 3. The van der Waals surface area contributed by atoms with E-state index < -0.39 is 6.25 Å². The van der Waals surface area contributed by atoms with E-state index in [1.54, 1.807) is 0 Å². The van der Waals surface area contributed by atoms with Gasteiger partial charge in [-0.1, -0.05) is 33.2 Å². The molecule has 0 saturated carbocycles. The Balaban J connectivity index is 3.60. The highest BCUT2D eigenvalue weighted by Gasteiger charge is 2.30. The number of ether oxygens (including phenoxy) is 1. The molecule has 0 aliphatic rings. The van der Waals surface area contributed by atoms with Gasteiger partial charge in [-0.3, -0.25) is 0 Å². The summed E-state index contributed by atoms with van der Waals surface area (Å²) >= 11 is 15.9. The average molecular weight is 208 g/mol. The molecule has 0 bridgehead atoms. The molecular weight excluding hydrogens is 202 g/mol. The molecule has 0 rings (SSSR count). The first-order valence-corrected chi connectivity index (χ1v) is 6.88. The summed E-state index contributed by atoms with van der Waals surface area (Å²) in [6, 6.07) is 0. The Morgan fingerprint density at radius 2 is 1.89 bits per heavy atom. The van der Waals surface area contributed by atoms with Gasteiger partial charge in [-0.05, 0) is 6.58 Å². The van der Waals surface area contributed by atoms with Crippen molar-refractivity contribution in [3.05, 3.63) is 12.5 Å². The van der Waals surface area contributed by atoms with E-state index in [0.717, 1.165) is 0 Å². The van der Waals surface area contributed by atoms with Crippen molar-refractivity contribution in [2.24, 2.45) is 0 Å². The van der Waals surface area contributed by atoms with Gasteiger partial charge < -0.3 is 9.16 Å². The van der Waals surface area contributed by atoms with Crippen molar-refractivity contribution < 1.29 is 9.16 Å². The molecule has 0 radical (unpaired) electrons. The average Bonchev–Trinajstić information content (AvgIpc) is 1.62. The van der Waals surface area contributed by atoms with Gasteiger partial charge in [0.05, 0.1) is 7.11 Å². The van der Waals surface area contributed by atoms with Crippen LogP contribution < -0.4 is 0 Å². The molecule has 0 aromatic rings. The van der Waals surface area contributed by atoms with E-state index in [4.69, 9.17) is 33.2 Å². The Labute approximate surface area is 68.5 Å². The highest BCUT2D eigenvalue weighted by molar-refractivity contribution is 7.62. The maximum Gasteiger partial charge on any atom is 0.557 e. The van der Waals surface area contributed by atoms with Crippen molar-refractivity contribution in [3.8, 4) is 0 Å². The second-order valence-electron chi connectivity index (χ2n) is 1.12. The topological polar surface area (TPSA) is 18.5 Å². The van der Waals surface area contributed by atoms with Crippen LogP contribution >= 0.6 is 33.2 Å². The van der Waals surface area contributed by atoms with E-state index in [9.17, 15) is 0 Å². The third kappa shape index (κ3) is 6.31. The first-order chi connectivity index (χ1) is 3.95. The predicted molar refractivity (Wildman–Crippen MR) is 40.5 cm³/mol. The van der Waals surface area contributed by atoms with E-state index in [1.807, 2.05) is 0 Å². The summed E-state index contributed by atoms with van der Waals surface area (Å²) in [6.45, 7) is 3.30. The van der Waals surface area contributed by atoms with Gasteiger partial charge in [0.25, 0.3) is 5.95 Å². The van der Waals surface area contributed by atoms with E-state index in [-0.39, 0.29) is 5.95 Å². The van der Waals surface area contributed by atoms with Crippen molar-refractivity contribution in [1.82, 2.24) is 0 Å². The summed E-state index contributed by atoms with van der Waals surface area (Å²) in [5.74, 6) is 0.0293. The van der Waals surface area contributed by atoms with Crippen LogP contribution in [0.25, 0.3) is 0 Å². The molecule has 0 amide bonds. The van der Waals surface area contributed by atoms with Crippen LogP contribution in [0.3, 0.4) is 0 Å². The number of hydrogen-bond acceptors (Lipinski definition) is 2. The van der Waals surface area contributed by atoms with Crippen LogP contribution in [0, 0.1) is 0 Å². The summed E-state index contributed by atoms with van der Waals surface area (Å²) in [6.07, 6.45) is -3.05. The van der Waals surface area contributed by atoms with Crippen molar-refractivity contribution in [2.45, 2.75) is 0 Å². The van der Waals surface area contributed by atoms with Gasteiger partial charge in [0.15, 0.2) is 0 Å². The predicted octanol–water partition coefficient (Wildman–Crippen LogP) is 2.27. The molecule has 0 atom stereocenters. The zero-order valence-electron chi connectivity index (χ0n) is 4.66. The van der Waals surface area contributed by atoms with Crippen molar-refractivity contribution in [3.63, 3.8) is 0 Å². The van der Waals surface area contributed by atoms with Crippen LogP contribution in [-0.2, 0) is 9.16 Å². The van der Waals surface area contributed by atoms with E-state index >= 15 is 0 Å². The molecule has 0 fully saturated rings. The number of methoxy groups -OCH3 is 1. The standard InChI is InChI=1S/C3H5Cl3O2Si/c1-3(7-2)8-9(4,5)6/h1H2,2H3. The largest absolute Gasteiger partial charge is 0.557 e. The van der Waals surface area contributed by atoms with E-state index in [1.165, 1.54) is 7.11 Å².